The lowest BCUT2D eigenvalue weighted by Crippen LogP contribution is -2.14. The molecule has 2 rings (SSSR count). The quantitative estimate of drug-likeness (QED) is 0.904. The maximum atomic E-state index is 11.8. The van der Waals surface area contributed by atoms with Crippen LogP contribution in [0.5, 0.6) is 0 Å². The van der Waals surface area contributed by atoms with Gasteiger partial charge in [-0.25, -0.2) is 9.78 Å². The summed E-state index contributed by atoms with van der Waals surface area (Å²) in [5.41, 5.74) is 0.528. The molecule has 19 heavy (non-hydrogen) atoms. The van der Waals surface area contributed by atoms with E-state index in [1.165, 1.54) is 24.7 Å². The topological polar surface area (TPSA) is 92.2 Å². The summed E-state index contributed by atoms with van der Waals surface area (Å²) in [6.07, 6.45) is 4.07. The first-order valence-electron chi connectivity index (χ1n) is 5.17. The fourth-order valence-corrected chi connectivity index (χ4v) is 1.57. The highest BCUT2D eigenvalue weighted by molar-refractivity contribution is 9.10. The molecule has 96 valence electrons. The molecule has 0 bridgehead atoms. The number of amides is 1. The predicted molar refractivity (Wildman–Crippen MR) is 71.1 cm³/mol. The summed E-state index contributed by atoms with van der Waals surface area (Å²) in [5, 5.41) is 11.4. The molecule has 0 aliphatic heterocycles. The van der Waals surface area contributed by atoms with Gasteiger partial charge in [-0.05, 0) is 34.1 Å². The van der Waals surface area contributed by atoms with E-state index in [1.807, 2.05) is 0 Å². The van der Waals surface area contributed by atoms with Gasteiger partial charge in [-0.2, -0.15) is 0 Å². The second-order valence-electron chi connectivity index (χ2n) is 3.58. The normalized spacial score (nSPS) is 9.95. The molecule has 0 aliphatic carbocycles. The van der Waals surface area contributed by atoms with Gasteiger partial charge in [0, 0.05) is 16.9 Å². The van der Waals surface area contributed by atoms with E-state index in [-0.39, 0.29) is 11.3 Å². The Bertz CT molecular complexity index is 628. The second kappa shape index (κ2) is 5.57. The number of hydrogen-bond acceptors (Lipinski definition) is 4. The fourth-order valence-electron chi connectivity index (χ4n) is 1.33. The Hall–Kier alpha value is -2.28. The Morgan fingerprint density at radius 3 is 2.63 bits per heavy atom. The summed E-state index contributed by atoms with van der Waals surface area (Å²) in [5.74, 6) is -1.54. The fraction of sp³-hybridized carbons (Fsp3) is 0. The van der Waals surface area contributed by atoms with Gasteiger partial charge in [-0.3, -0.25) is 9.78 Å². The number of nitrogens with one attached hydrogen (secondary N) is 1. The van der Waals surface area contributed by atoms with Gasteiger partial charge < -0.3 is 10.4 Å². The van der Waals surface area contributed by atoms with Gasteiger partial charge in [-0.1, -0.05) is 0 Å². The Kier molecular flexibility index (Phi) is 3.86. The smallest absolute Gasteiger partial charge is 0.337 e. The number of carboxylic acids is 1. The minimum Gasteiger partial charge on any atom is -0.478 e. The Morgan fingerprint density at radius 2 is 2.00 bits per heavy atom. The van der Waals surface area contributed by atoms with E-state index in [2.05, 4.69) is 31.2 Å². The molecule has 0 fully saturated rings. The van der Waals surface area contributed by atoms with Crippen molar-refractivity contribution >= 4 is 33.5 Å². The highest BCUT2D eigenvalue weighted by Gasteiger charge is 2.09. The number of halogens is 1. The van der Waals surface area contributed by atoms with Crippen LogP contribution >= 0.6 is 15.9 Å². The second-order valence-corrected chi connectivity index (χ2v) is 4.50. The van der Waals surface area contributed by atoms with Crippen molar-refractivity contribution in [3.8, 4) is 0 Å². The van der Waals surface area contributed by atoms with E-state index in [0.717, 1.165) is 4.47 Å². The van der Waals surface area contributed by atoms with E-state index in [4.69, 9.17) is 5.11 Å². The van der Waals surface area contributed by atoms with Crippen LogP contribution in [-0.4, -0.2) is 27.0 Å². The summed E-state index contributed by atoms with van der Waals surface area (Å²) in [4.78, 5) is 30.3. The number of rotatable bonds is 3. The third-order valence-electron chi connectivity index (χ3n) is 2.20. The molecular formula is C12H8BrN3O3. The molecule has 2 aromatic rings. The minimum absolute atomic E-state index is 0.00145. The molecule has 0 saturated carbocycles. The zero-order valence-corrected chi connectivity index (χ0v) is 11.1. The van der Waals surface area contributed by atoms with Gasteiger partial charge in [0.15, 0.2) is 0 Å². The number of nitrogens with zero attached hydrogens (tertiary/aromatic N) is 2. The van der Waals surface area contributed by atoms with Gasteiger partial charge >= 0.3 is 5.97 Å². The molecule has 2 N–H and O–H groups in total. The lowest BCUT2D eigenvalue weighted by molar-refractivity contribution is 0.0696. The van der Waals surface area contributed by atoms with Crippen LogP contribution in [0.3, 0.4) is 0 Å². The molecule has 0 unspecified atom stereocenters. The van der Waals surface area contributed by atoms with Gasteiger partial charge in [0.2, 0.25) is 0 Å². The van der Waals surface area contributed by atoms with E-state index in [0.29, 0.717) is 5.69 Å². The molecule has 2 aromatic heterocycles. The van der Waals surface area contributed by atoms with Crippen molar-refractivity contribution < 1.29 is 14.7 Å². The zero-order valence-electron chi connectivity index (χ0n) is 9.50. The number of carboxylic acid groups (broad SMARTS) is 1. The van der Waals surface area contributed by atoms with Gasteiger partial charge in [0.1, 0.15) is 5.69 Å². The molecule has 6 nitrogen and oxygen atoms in total. The van der Waals surface area contributed by atoms with Crippen LogP contribution in [0.15, 0.2) is 41.3 Å². The number of aromatic nitrogens is 2. The summed E-state index contributed by atoms with van der Waals surface area (Å²) >= 11 is 3.22. The van der Waals surface area contributed by atoms with Crippen LogP contribution < -0.4 is 5.32 Å². The monoisotopic (exact) mass is 321 g/mol. The van der Waals surface area contributed by atoms with Crippen molar-refractivity contribution in [2.75, 3.05) is 5.32 Å². The number of pyridine rings is 2. The van der Waals surface area contributed by atoms with Crippen LogP contribution in [0.4, 0.5) is 5.69 Å². The number of hydrogen-bond donors (Lipinski definition) is 2. The number of anilines is 1. The van der Waals surface area contributed by atoms with E-state index >= 15 is 0 Å². The molecule has 1 amide bonds. The summed E-state index contributed by atoms with van der Waals surface area (Å²) < 4.78 is 0.763. The van der Waals surface area contributed by atoms with E-state index < -0.39 is 11.9 Å². The van der Waals surface area contributed by atoms with Gasteiger partial charge in [0.05, 0.1) is 17.4 Å². The van der Waals surface area contributed by atoms with Crippen molar-refractivity contribution in [1.29, 1.82) is 0 Å². The van der Waals surface area contributed by atoms with Crippen LogP contribution in [0.1, 0.15) is 20.8 Å². The van der Waals surface area contributed by atoms with Crippen molar-refractivity contribution in [2.45, 2.75) is 0 Å². The average Bonchev–Trinajstić information content (AvgIpc) is 2.39. The van der Waals surface area contributed by atoms with Crippen LogP contribution in [0.25, 0.3) is 0 Å². The van der Waals surface area contributed by atoms with Crippen molar-refractivity contribution in [3.63, 3.8) is 0 Å². The molecule has 7 heteroatoms. The third-order valence-corrected chi connectivity index (χ3v) is 2.67. The lowest BCUT2D eigenvalue weighted by Gasteiger charge is -2.04. The summed E-state index contributed by atoms with van der Waals surface area (Å²) in [6.45, 7) is 0. The lowest BCUT2D eigenvalue weighted by atomic mass is 10.2. The Morgan fingerprint density at radius 1 is 1.21 bits per heavy atom. The highest BCUT2D eigenvalue weighted by Crippen LogP contribution is 2.11. The first-order valence-corrected chi connectivity index (χ1v) is 5.97. The molecule has 0 saturated heterocycles. The molecule has 0 spiro atoms. The van der Waals surface area contributed by atoms with E-state index in [1.54, 1.807) is 12.1 Å². The molecule has 0 aromatic carbocycles. The zero-order chi connectivity index (χ0) is 13.8. The van der Waals surface area contributed by atoms with Crippen molar-refractivity contribution in [3.05, 3.63) is 52.5 Å². The largest absolute Gasteiger partial charge is 0.478 e. The van der Waals surface area contributed by atoms with Gasteiger partial charge in [0.25, 0.3) is 5.91 Å². The number of carbonyl (C=O) groups is 2. The first kappa shape index (κ1) is 13.2. The first-order chi connectivity index (χ1) is 9.06. The maximum absolute atomic E-state index is 11.8. The summed E-state index contributed by atoms with van der Waals surface area (Å²) in [6, 6.07) is 4.56. The SMILES string of the molecule is O=C(O)c1cncc(NC(=O)c2ccc(Br)cn2)c1. The van der Waals surface area contributed by atoms with Crippen molar-refractivity contribution in [2.24, 2.45) is 0 Å². The standard InChI is InChI=1S/C12H8BrN3O3/c13-8-1-2-10(15-5-8)11(17)16-9-3-7(12(18)19)4-14-6-9/h1-6H,(H,16,17)(H,18,19). The summed E-state index contributed by atoms with van der Waals surface area (Å²) in [7, 11) is 0. The van der Waals surface area contributed by atoms with Crippen LogP contribution in [-0.2, 0) is 0 Å². The molecule has 0 radical (unpaired) electrons. The third kappa shape index (κ3) is 3.35. The molecule has 2 heterocycles. The molecule has 0 atom stereocenters. The van der Waals surface area contributed by atoms with Gasteiger partial charge in [-0.15, -0.1) is 0 Å². The highest BCUT2D eigenvalue weighted by atomic mass is 79.9. The van der Waals surface area contributed by atoms with Crippen LogP contribution in [0, 0.1) is 0 Å². The minimum atomic E-state index is -1.11. The average molecular weight is 322 g/mol. The number of carbonyl (C=O) groups excluding carboxylic acids is 1. The predicted octanol–water partition coefficient (Wildman–Crippen LogP) is 2.19. The Balaban J connectivity index is 2.17. The maximum Gasteiger partial charge on any atom is 0.337 e. The Labute approximate surface area is 116 Å². The van der Waals surface area contributed by atoms with Crippen molar-refractivity contribution in [1.82, 2.24) is 9.97 Å². The van der Waals surface area contributed by atoms with Crippen LogP contribution in [0.2, 0.25) is 0 Å². The number of aromatic carboxylic acids is 1. The molecule has 0 aliphatic rings. The van der Waals surface area contributed by atoms with E-state index in [9.17, 15) is 9.59 Å². The molecular weight excluding hydrogens is 314 g/mol.